The van der Waals surface area contributed by atoms with Crippen LogP contribution in [0.1, 0.15) is 28.8 Å². The summed E-state index contributed by atoms with van der Waals surface area (Å²) in [5.74, 6) is -0.939. The molecule has 0 aliphatic carbocycles. The van der Waals surface area contributed by atoms with Crippen LogP contribution >= 0.6 is 0 Å². The van der Waals surface area contributed by atoms with Gasteiger partial charge in [-0.25, -0.2) is 8.78 Å². The highest BCUT2D eigenvalue weighted by molar-refractivity contribution is 5.95. The third-order valence-corrected chi connectivity index (χ3v) is 5.30. The number of piperazine rings is 1. The highest BCUT2D eigenvalue weighted by Gasteiger charge is 2.41. The lowest BCUT2D eigenvalue weighted by Gasteiger charge is -2.52. The summed E-state index contributed by atoms with van der Waals surface area (Å²) < 4.78 is 27.3. The van der Waals surface area contributed by atoms with Crippen LogP contribution in [0.4, 0.5) is 14.5 Å². The number of carbonyl (C=O) groups is 1. The van der Waals surface area contributed by atoms with Gasteiger partial charge in [0, 0.05) is 30.9 Å². The van der Waals surface area contributed by atoms with Crippen LogP contribution in [0.5, 0.6) is 0 Å². The van der Waals surface area contributed by atoms with Crippen molar-refractivity contribution in [2.75, 3.05) is 18.0 Å². The summed E-state index contributed by atoms with van der Waals surface area (Å²) >= 11 is 0. The van der Waals surface area contributed by atoms with Gasteiger partial charge in [-0.3, -0.25) is 4.79 Å². The maximum absolute atomic E-state index is 14.2. The first-order valence-corrected chi connectivity index (χ1v) is 8.62. The molecule has 3 aliphatic rings. The van der Waals surface area contributed by atoms with E-state index in [1.807, 2.05) is 4.90 Å². The molecule has 3 fully saturated rings. The van der Waals surface area contributed by atoms with Gasteiger partial charge < -0.3 is 9.80 Å². The molecule has 5 rings (SSSR count). The van der Waals surface area contributed by atoms with Crippen molar-refractivity contribution in [2.24, 2.45) is 0 Å². The van der Waals surface area contributed by atoms with Crippen LogP contribution in [-0.2, 0) is 0 Å². The van der Waals surface area contributed by atoms with E-state index < -0.39 is 5.82 Å². The number of halogens is 2. The Balaban J connectivity index is 1.55. The smallest absolute Gasteiger partial charge is 0.257 e. The van der Waals surface area contributed by atoms with Crippen molar-refractivity contribution in [3.63, 3.8) is 0 Å². The van der Waals surface area contributed by atoms with Crippen molar-refractivity contribution in [2.45, 2.75) is 31.8 Å². The Morgan fingerprint density at radius 2 is 1.72 bits per heavy atom. The van der Waals surface area contributed by atoms with E-state index in [1.165, 1.54) is 18.2 Å². The number of aryl methyl sites for hydroxylation is 1. The zero-order chi connectivity index (χ0) is 17.6. The van der Waals surface area contributed by atoms with Crippen molar-refractivity contribution in [1.82, 2.24) is 4.90 Å². The van der Waals surface area contributed by atoms with Crippen LogP contribution in [0.2, 0.25) is 0 Å². The lowest BCUT2D eigenvalue weighted by molar-refractivity contribution is 0.0501. The number of carbonyl (C=O) groups excluding carboxylic acids is 1. The standard InChI is InChI=1S/C20H20F2N2O/c1-13-2-9-18(19(22)10-13)20(25)24-12-16-7-8-17(24)11-23(16)15-5-3-14(21)4-6-15/h2-6,9-10,16-17H,7-8,11-12H2,1H3/t16-,17?/m0/s1. The van der Waals surface area contributed by atoms with Gasteiger partial charge >= 0.3 is 0 Å². The molecule has 2 aromatic rings. The first-order valence-electron chi connectivity index (χ1n) is 8.62. The van der Waals surface area contributed by atoms with Gasteiger partial charge in [-0.1, -0.05) is 6.07 Å². The number of hydrogen-bond donors (Lipinski definition) is 0. The van der Waals surface area contributed by atoms with E-state index in [4.69, 9.17) is 0 Å². The van der Waals surface area contributed by atoms with Crippen molar-refractivity contribution < 1.29 is 13.6 Å². The number of rotatable bonds is 2. The average molecular weight is 342 g/mol. The third-order valence-electron chi connectivity index (χ3n) is 5.30. The van der Waals surface area contributed by atoms with Crippen molar-refractivity contribution in [3.05, 3.63) is 65.2 Å². The van der Waals surface area contributed by atoms with E-state index in [9.17, 15) is 13.6 Å². The van der Waals surface area contributed by atoms with Crippen LogP contribution in [0.15, 0.2) is 42.5 Å². The lowest BCUT2D eigenvalue weighted by Crippen LogP contribution is -2.64. The van der Waals surface area contributed by atoms with Gasteiger partial charge in [0.25, 0.3) is 5.91 Å². The molecule has 3 nitrogen and oxygen atoms in total. The fraction of sp³-hybridized carbons (Fsp3) is 0.350. The van der Waals surface area contributed by atoms with E-state index in [1.54, 1.807) is 31.2 Å². The topological polar surface area (TPSA) is 23.6 Å². The first-order chi connectivity index (χ1) is 12.0. The number of nitrogens with zero attached hydrogens (tertiary/aromatic N) is 2. The Morgan fingerprint density at radius 1 is 1.00 bits per heavy atom. The normalized spacial score (nSPS) is 22.4. The van der Waals surface area contributed by atoms with Crippen molar-refractivity contribution >= 4 is 11.6 Å². The zero-order valence-electron chi connectivity index (χ0n) is 14.1. The minimum atomic E-state index is -0.457. The molecular weight excluding hydrogens is 322 g/mol. The van der Waals surface area contributed by atoms with E-state index in [2.05, 4.69) is 4.90 Å². The minimum absolute atomic E-state index is 0.0586. The second kappa shape index (κ2) is 6.14. The van der Waals surface area contributed by atoms with E-state index in [0.29, 0.717) is 13.1 Å². The van der Waals surface area contributed by atoms with Gasteiger partial charge in [-0.15, -0.1) is 0 Å². The molecule has 0 spiro atoms. The number of anilines is 1. The maximum atomic E-state index is 14.2. The summed E-state index contributed by atoms with van der Waals surface area (Å²) in [5, 5.41) is 0. The number of piperidine rings is 2. The average Bonchev–Trinajstić information content (AvgIpc) is 2.62. The molecule has 1 unspecified atom stereocenters. The summed E-state index contributed by atoms with van der Waals surface area (Å²) in [7, 11) is 0. The number of fused-ring (bicyclic) bond motifs is 3. The Morgan fingerprint density at radius 3 is 2.36 bits per heavy atom. The summed E-state index contributed by atoms with van der Waals surface area (Å²) in [6.45, 7) is 3.09. The molecule has 2 aromatic carbocycles. The zero-order valence-corrected chi connectivity index (χ0v) is 14.1. The number of benzene rings is 2. The molecule has 0 N–H and O–H groups in total. The third kappa shape index (κ3) is 2.88. The monoisotopic (exact) mass is 342 g/mol. The summed E-state index contributed by atoms with van der Waals surface area (Å²) in [6, 6.07) is 11.5. The Labute approximate surface area is 145 Å². The Bertz CT molecular complexity index is 806. The van der Waals surface area contributed by atoms with Gasteiger partial charge in [-0.05, 0) is 61.7 Å². The predicted octanol–water partition coefficient (Wildman–Crippen LogP) is 3.77. The van der Waals surface area contributed by atoms with Crippen LogP contribution < -0.4 is 4.90 Å². The molecule has 3 heterocycles. The second-order valence-corrected chi connectivity index (χ2v) is 6.95. The van der Waals surface area contributed by atoms with Gasteiger partial charge in [0.2, 0.25) is 0 Å². The van der Waals surface area contributed by atoms with Crippen LogP contribution in [0.25, 0.3) is 0 Å². The Kier molecular flexibility index (Phi) is 3.94. The fourth-order valence-electron chi connectivity index (χ4n) is 3.97. The van der Waals surface area contributed by atoms with Crippen molar-refractivity contribution in [1.29, 1.82) is 0 Å². The highest BCUT2D eigenvalue weighted by Crippen LogP contribution is 2.34. The molecule has 3 aliphatic heterocycles. The number of amides is 1. The van der Waals surface area contributed by atoms with Gasteiger partial charge in [0.1, 0.15) is 11.6 Å². The van der Waals surface area contributed by atoms with Crippen LogP contribution in [0, 0.1) is 18.6 Å². The summed E-state index contributed by atoms with van der Waals surface area (Å²) in [5.41, 5.74) is 1.92. The first kappa shape index (κ1) is 16.1. The minimum Gasteiger partial charge on any atom is -0.365 e. The molecule has 0 radical (unpaired) electrons. The van der Waals surface area contributed by atoms with Gasteiger partial charge in [0.15, 0.2) is 0 Å². The molecule has 3 saturated heterocycles. The molecule has 1 amide bonds. The molecule has 2 atom stereocenters. The quantitative estimate of drug-likeness (QED) is 0.829. The molecule has 130 valence electrons. The summed E-state index contributed by atoms with van der Waals surface area (Å²) in [4.78, 5) is 16.9. The molecule has 0 aromatic heterocycles. The summed E-state index contributed by atoms with van der Waals surface area (Å²) in [6.07, 6.45) is 1.91. The predicted molar refractivity (Wildman–Crippen MR) is 92.7 cm³/mol. The maximum Gasteiger partial charge on any atom is 0.257 e. The van der Waals surface area contributed by atoms with Crippen molar-refractivity contribution in [3.8, 4) is 0 Å². The molecule has 0 saturated carbocycles. The molecule has 5 heteroatoms. The van der Waals surface area contributed by atoms with E-state index >= 15 is 0 Å². The molecular formula is C20H20F2N2O. The molecule has 25 heavy (non-hydrogen) atoms. The van der Waals surface area contributed by atoms with E-state index in [-0.39, 0.29) is 29.4 Å². The Hall–Kier alpha value is -2.43. The SMILES string of the molecule is Cc1ccc(C(=O)N2C[C@@H]3CCC2CN3c2ccc(F)cc2)c(F)c1. The van der Waals surface area contributed by atoms with Gasteiger partial charge in [-0.2, -0.15) is 0 Å². The second-order valence-electron chi connectivity index (χ2n) is 6.95. The van der Waals surface area contributed by atoms with Crippen LogP contribution in [-0.4, -0.2) is 36.0 Å². The molecule has 2 bridgehead atoms. The lowest BCUT2D eigenvalue weighted by atomic mass is 9.89. The van der Waals surface area contributed by atoms with Gasteiger partial charge in [0.05, 0.1) is 5.56 Å². The highest BCUT2D eigenvalue weighted by atomic mass is 19.1. The number of hydrogen-bond acceptors (Lipinski definition) is 2. The largest absolute Gasteiger partial charge is 0.365 e. The van der Waals surface area contributed by atoms with E-state index in [0.717, 1.165) is 24.1 Å². The fourth-order valence-corrected chi connectivity index (χ4v) is 3.97. The van der Waals surface area contributed by atoms with Crippen LogP contribution in [0.3, 0.4) is 0 Å².